The van der Waals surface area contributed by atoms with Crippen molar-refractivity contribution in [2.24, 2.45) is 0 Å². The minimum Gasteiger partial charge on any atom is -0.300 e. The summed E-state index contributed by atoms with van der Waals surface area (Å²) in [7, 11) is 0. The predicted molar refractivity (Wildman–Crippen MR) is 79.4 cm³/mol. The lowest BCUT2D eigenvalue weighted by Gasteiger charge is -2.19. The predicted octanol–water partition coefficient (Wildman–Crippen LogP) is 4.80. The first-order chi connectivity index (χ1) is 8.35. The second kappa shape index (κ2) is 13.5. The molecule has 0 heterocycles. The molecule has 0 aromatic heterocycles. The van der Waals surface area contributed by atoms with Gasteiger partial charge in [-0.3, -0.25) is 4.90 Å². The van der Waals surface area contributed by atoms with E-state index in [4.69, 9.17) is 0 Å². The Balaban J connectivity index is 3.68. The molecule has 0 aromatic rings. The van der Waals surface area contributed by atoms with Crippen LogP contribution in [0.1, 0.15) is 58.8 Å². The zero-order chi connectivity index (χ0) is 12.8. The van der Waals surface area contributed by atoms with Gasteiger partial charge in [0.05, 0.1) is 0 Å². The summed E-state index contributed by atoms with van der Waals surface area (Å²) in [6.07, 6.45) is 15.5. The molecule has 0 rings (SSSR count). The maximum absolute atomic E-state index is 3.74. The highest BCUT2D eigenvalue weighted by Gasteiger charge is 2.00. The van der Waals surface area contributed by atoms with E-state index in [1.807, 2.05) is 6.08 Å². The molecule has 1 nitrogen and oxygen atoms in total. The van der Waals surface area contributed by atoms with Crippen LogP contribution < -0.4 is 0 Å². The van der Waals surface area contributed by atoms with Crippen molar-refractivity contribution < 1.29 is 0 Å². The molecule has 0 aliphatic rings. The van der Waals surface area contributed by atoms with Gasteiger partial charge in [-0.05, 0) is 45.2 Å². The second-order valence-corrected chi connectivity index (χ2v) is 4.70. The summed E-state index contributed by atoms with van der Waals surface area (Å²) in [5.74, 6) is 0. The number of hydrogen-bond donors (Lipinski definition) is 0. The average Bonchev–Trinajstić information content (AvgIpc) is 2.35. The highest BCUT2D eigenvalue weighted by molar-refractivity contribution is 4.85. The molecule has 17 heavy (non-hydrogen) atoms. The standard InChI is InChI=1S/C16H31N/c1-4-7-10-11-12-13-16-17(14-8-5-2)15-9-6-3/h4,12-13H,1,5-11,14-16H2,2-3H3/b13-12+. The Hall–Kier alpha value is -0.560. The normalized spacial score (nSPS) is 11.5. The van der Waals surface area contributed by atoms with Crippen LogP contribution in [0.15, 0.2) is 24.8 Å². The van der Waals surface area contributed by atoms with Crippen molar-refractivity contribution in [3.63, 3.8) is 0 Å². The molecule has 0 aromatic carbocycles. The maximum atomic E-state index is 3.74. The van der Waals surface area contributed by atoms with Crippen molar-refractivity contribution in [1.29, 1.82) is 0 Å². The molecule has 100 valence electrons. The molecule has 0 atom stereocenters. The third-order valence-electron chi connectivity index (χ3n) is 2.97. The molecule has 0 aliphatic carbocycles. The molecular formula is C16H31N. The van der Waals surface area contributed by atoms with Gasteiger partial charge >= 0.3 is 0 Å². The van der Waals surface area contributed by atoms with Gasteiger partial charge in [-0.25, -0.2) is 0 Å². The summed E-state index contributed by atoms with van der Waals surface area (Å²) in [5, 5.41) is 0. The fourth-order valence-corrected chi connectivity index (χ4v) is 1.78. The second-order valence-electron chi connectivity index (χ2n) is 4.70. The molecule has 0 saturated carbocycles. The molecule has 0 N–H and O–H groups in total. The van der Waals surface area contributed by atoms with Crippen LogP contribution in [0.3, 0.4) is 0 Å². The zero-order valence-electron chi connectivity index (χ0n) is 12.0. The first-order valence-corrected chi connectivity index (χ1v) is 7.33. The highest BCUT2D eigenvalue weighted by atomic mass is 15.1. The van der Waals surface area contributed by atoms with Crippen LogP contribution >= 0.6 is 0 Å². The zero-order valence-corrected chi connectivity index (χ0v) is 12.0. The van der Waals surface area contributed by atoms with Crippen LogP contribution in [0.2, 0.25) is 0 Å². The third kappa shape index (κ3) is 11.7. The van der Waals surface area contributed by atoms with E-state index in [2.05, 4.69) is 37.5 Å². The molecule has 0 aliphatic heterocycles. The van der Waals surface area contributed by atoms with E-state index < -0.39 is 0 Å². The summed E-state index contributed by atoms with van der Waals surface area (Å²) < 4.78 is 0. The highest BCUT2D eigenvalue weighted by Crippen LogP contribution is 2.01. The van der Waals surface area contributed by atoms with E-state index in [1.54, 1.807) is 0 Å². The summed E-state index contributed by atoms with van der Waals surface area (Å²) in [6, 6.07) is 0. The fourth-order valence-electron chi connectivity index (χ4n) is 1.78. The van der Waals surface area contributed by atoms with Crippen molar-refractivity contribution in [2.75, 3.05) is 19.6 Å². The topological polar surface area (TPSA) is 3.24 Å². The lowest BCUT2D eigenvalue weighted by Crippen LogP contribution is -2.26. The molecule has 0 unspecified atom stereocenters. The Labute approximate surface area is 109 Å². The first kappa shape index (κ1) is 16.4. The van der Waals surface area contributed by atoms with Gasteiger partial charge in [0.15, 0.2) is 0 Å². The summed E-state index contributed by atoms with van der Waals surface area (Å²) in [6.45, 7) is 11.9. The minimum absolute atomic E-state index is 1.13. The number of unbranched alkanes of at least 4 members (excludes halogenated alkanes) is 4. The lowest BCUT2D eigenvalue weighted by molar-refractivity contribution is 0.292. The average molecular weight is 237 g/mol. The van der Waals surface area contributed by atoms with Crippen LogP contribution in [0.25, 0.3) is 0 Å². The van der Waals surface area contributed by atoms with Gasteiger partial charge in [-0.1, -0.05) is 44.9 Å². The number of nitrogens with zero attached hydrogens (tertiary/aromatic N) is 1. The fraction of sp³-hybridized carbons (Fsp3) is 0.750. The van der Waals surface area contributed by atoms with Crippen LogP contribution in [0, 0.1) is 0 Å². The van der Waals surface area contributed by atoms with E-state index in [0.717, 1.165) is 13.0 Å². The van der Waals surface area contributed by atoms with Gasteiger partial charge in [0.2, 0.25) is 0 Å². The van der Waals surface area contributed by atoms with Gasteiger partial charge in [0.1, 0.15) is 0 Å². The van der Waals surface area contributed by atoms with Gasteiger partial charge in [-0.2, -0.15) is 0 Å². The number of rotatable bonds is 12. The van der Waals surface area contributed by atoms with Crippen molar-refractivity contribution in [3.8, 4) is 0 Å². The first-order valence-electron chi connectivity index (χ1n) is 7.33. The Bertz CT molecular complexity index is 176. The van der Waals surface area contributed by atoms with E-state index in [9.17, 15) is 0 Å². The summed E-state index contributed by atoms with van der Waals surface area (Å²) in [4.78, 5) is 2.58. The van der Waals surface area contributed by atoms with Gasteiger partial charge in [-0.15, -0.1) is 6.58 Å². The molecule has 0 bridgehead atoms. The van der Waals surface area contributed by atoms with Crippen molar-refractivity contribution >= 4 is 0 Å². The molecule has 1 heteroatoms. The van der Waals surface area contributed by atoms with Crippen LogP contribution in [0.4, 0.5) is 0 Å². The maximum Gasteiger partial charge on any atom is 0.0163 e. The van der Waals surface area contributed by atoms with Crippen LogP contribution in [-0.2, 0) is 0 Å². The van der Waals surface area contributed by atoms with Crippen molar-refractivity contribution in [3.05, 3.63) is 24.8 Å². The minimum atomic E-state index is 1.13. The largest absolute Gasteiger partial charge is 0.300 e. The van der Waals surface area contributed by atoms with Crippen molar-refractivity contribution in [1.82, 2.24) is 4.90 Å². The molecule has 0 saturated heterocycles. The SMILES string of the molecule is C=CCCC/C=C/CN(CCCC)CCCC. The van der Waals surface area contributed by atoms with Crippen LogP contribution in [-0.4, -0.2) is 24.5 Å². The van der Waals surface area contributed by atoms with Crippen molar-refractivity contribution in [2.45, 2.75) is 58.8 Å². The molecule has 0 amide bonds. The van der Waals surface area contributed by atoms with E-state index >= 15 is 0 Å². The van der Waals surface area contributed by atoms with Crippen LogP contribution in [0.5, 0.6) is 0 Å². The third-order valence-corrected chi connectivity index (χ3v) is 2.97. The molecule has 0 radical (unpaired) electrons. The molecule has 0 spiro atoms. The molecular weight excluding hydrogens is 206 g/mol. The van der Waals surface area contributed by atoms with Gasteiger partial charge in [0.25, 0.3) is 0 Å². The smallest absolute Gasteiger partial charge is 0.0163 e. The van der Waals surface area contributed by atoms with Gasteiger partial charge in [0, 0.05) is 6.54 Å². The summed E-state index contributed by atoms with van der Waals surface area (Å²) >= 11 is 0. The van der Waals surface area contributed by atoms with Gasteiger partial charge < -0.3 is 0 Å². The summed E-state index contributed by atoms with van der Waals surface area (Å²) in [5.41, 5.74) is 0. The number of hydrogen-bond acceptors (Lipinski definition) is 1. The monoisotopic (exact) mass is 237 g/mol. The Morgan fingerprint density at radius 1 is 0.882 bits per heavy atom. The number of allylic oxidation sites excluding steroid dienone is 2. The van der Waals surface area contributed by atoms with E-state index in [-0.39, 0.29) is 0 Å². The quantitative estimate of drug-likeness (QED) is 0.348. The van der Waals surface area contributed by atoms with E-state index in [0.29, 0.717) is 0 Å². The lowest BCUT2D eigenvalue weighted by atomic mass is 10.2. The Morgan fingerprint density at radius 3 is 2.06 bits per heavy atom. The van der Waals surface area contributed by atoms with E-state index in [1.165, 1.54) is 51.6 Å². The Kier molecular flexibility index (Phi) is 13.1. The molecule has 0 fully saturated rings. The Morgan fingerprint density at radius 2 is 1.53 bits per heavy atom.